The van der Waals surface area contributed by atoms with Crippen molar-refractivity contribution in [1.29, 1.82) is 0 Å². The molecule has 0 aliphatic rings. The maximum atomic E-state index is 5.13. The molecule has 1 N–H and O–H groups in total. The largest absolute Gasteiger partial charge is 0.380 e. The van der Waals surface area contributed by atoms with Crippen molar-refractivity contribution in [3.05, 3.63) is 0 Å². The first-order valence-corrected chi connectivity index (χ1v) is 5.42. The quantitative estimate of drug-likeness (QED) is 0.491. The first-order chi connectivity index (χ1) is 4.81. The molecule has 0 saturated carbocycles. The highest BCUT2D eigenvalue weighted by atomic mass is 32.4. The van der Waals surface area contributed by atoms with Crippen molar-refractivity contribution >= 4 is 19.2 Å². The third-order valence-corrected chi connectivity index (χ3v) is 2.50. The Kier molecular flexibility index (Phi) is 7.88. The van der Waals surface area contributed by atoms with E-state index in [1.807, 2.05) is 6.92 Å². The van der Waals surface area contributed by atoms with Gasteiger partial charge in [-0.25, -0.2) is 0 Å². The van der Waals surface area contributed by atoms with Crippen LogP contribution in [-0.2, 0) is 16.5 Å². The summed E-state index contributed by atoms with van der Waals surface area (Å²) >= 11 is 4.82. The molecule has 0 amide bonds. The van der Waals surface area contributed by atoms with E-state index >= 15 is 0 Å². The average molecular weight is 179 g/mol. The van der Waals surface area contributed by atoms with Crippen molar-refractivity contribution in [1.82, 2.24) is 5.32 Å². The maximum Gasteiger partial charge on any atom is 0.0591 e. The van der Waals surface area contributed by atoms with Gasteiger partial charge in [0.25, 0.3) is 0 Å². The Bertz CT molecular complexity index is 91.8. The molecule has 0 fully saturated rings. The fraction of sp³-hybridized carbons (Fsp3) is 1.00. The molecule has 0 spiro atoms. The summed E-state index contributed by atoms with van der Waals surface area (Å²) in [6.07, 6.45) is 0. The fourth-order valence-electron chi connectivity index (χ4n) is 0.522. The number of ether oxygens (including phenoxy) is 1. The lowest BCUT2D eigenvalue weighted by Gasteiger charge is -2.06. The first-order valence-electron chi connectivity index (χ1n) is 3.44. The zero-order valence-corrected chi connectivity index (χ0v) is 8.17. The van der Waals surface area contributed by atoms with Crippen molar-refractivity contribution in [2.24, 2.45) is 0 Å². The van der Waals surface area contributed by atoms with Gasteiger partial charge in [-0.15, -0.1) is 0 Å². The Morgan fingerprint density at radius 3 is 2.90 bits per heavy atom. The van der Waals surface area contributed by atoms with Gasteiger partial charge in [0.05, 0.1) is 12.4 Å². The highest BCUT2D eigenvalue weighted by Gasteiger charge is 1.93. The summed E-state index contributed by atoms with van der Waals surface area (Å²) in [5, 5.41) is 3.23. The molecule has 0 radical (unpaired) electrons. The molecule has 0 aliphatic heterocycles. The minimum atomic E-state index is 0.412. The summed E-state index contributed by atoms with van der Waals surface area (Å²) in [5.41, 5.74) is 0. The van der Waals surface area contributed by atoms with E-state index < -0.39 is 0 Å². The second-order valence-electron chi connectivity index (χ2n) is 1.93. The monoisotopic (exact) mass is 179 g/mol. The second-order valence-corrected chi connectivity index (χ2v) is 3.55. The van der Waals surface area contributed by atoms with Gasteiger partial charge in [-0.1, -0.05) is 11.8 Å². The third kappa shape index (κ3) is 6.56. The van der Waals surface area contributed by atoms with Crippen LogP contribution in [0.5, 0.6) is 0 Å². The molecule has 0 saturated heterocycles. The van der Waals surface area contributed by atoms with Gasteiger partial charge in [0, 0.05) is 13.2 Å². The second kappa shape index (κ2) is 7.55. The Morgan fingerprint density at radius 1 is 1.70 bits per heavy atom. The Labute approximate surface area is 69.2 Å². The van der Waals surface area contributed by atoms with E-state index in [0.29, 0.717) is 5.78 Å². The number of hydrogen-bond acceptors (Lipinski definition) is 3. The van der Waals surface area contributed by atoms with Crippen molar-refractivity contribution in [2.75, 3.05) is 19.8 Å². The van der Waals surface area contributed by atoms with Crippen LogP contribution in [0, 0.1) is 0 Å². The molecule has 0 aromatic carbocycles. The summed E-state index contributed by atoms with van der Waals surface area (Å²) in [6, 6.07) is 0. The van der Waals surface area contributed by atoms with Crippen LogP contribution in [0.2, 0.25) is 0 Å². The van der Waals surface area contributed by atoms with Crippen LogP contribution in [0.1, 0.15) is 13.8 Å². The predicted molar refractivity (Wildman–Crippen MR) is 48.2 cm³/mol. The van der Waals surface area contributed by atoms with Crippen LogP contribution in [0.25, 0.3) is 0 Å². The smallest absolute Gasteiger partial charge is 0.0591 e. The van der Waals surface area contributed by atoms with E-state index in [9.17, 15) is 0 Å². The van der Waals surface area contributed by atoms with Gasteiger partial charge in [-0.3, -0.25) is 0 Å². The molecule has 0 aromatic heterocycles. The zero-order valence-electron chi connectivity index (χ0n) is 6.46. The van der Waals surface area contributed by atoms with Gasteiger partial charge >= 0.3 is 0 Å². The minimum Gasteiger partial charge on any atom is -0.380 e. The van der Waals surface area contributed by atoms with E-state index in [0.717, 1.165) is 27.1 Å². The van der Waals surface area contributed by atoms with E-state index in [1.54, 1.807) is 0 Å². The lowest BCUT2D eigenvalue weighted by Crippen LogP contribution is -2.24. The van der Waals surface area contributed by atoms with Gasteiger partial charge in [0.15, 0.2) is 0 Å². The molecule has 1 unspecified atom stereocenters. The summed E-state index contributed by atoms with van der Waals surface area (Å²) in [4.78, 5) is 0. The number of nitrogens with one attached hydrogen (secondary N) is 1. The molecule has 10 heavy (non-hydrogen) atoms. The van der Waals surface area contributed by atoms with E-state index in [-0.39, 0.29) is 0 Å². The number of rotatable bonds is 6. The Hall–Kier alpha value is 0.440. The van der Waals surface area contributed by atoms with Crippen LogP contribution >= 0.6 is 7.36 Å². The first kappa shape index (κ1) is 10.4. The molecule has 1 atom stereocenters. The fourth-order valence-corrected chi connectivity index (χ4v) is 0.949. The van der Waals surface area contributed by atoms with E-state index in [2.05, 4.69) is 12.2 Å². The lowest BCUT2D eigenvalue weighted by molar-refractivity contribution is 0.149. The molecular formula is C6H14NOPS. The van der Waals surface area contributed by atoms with Gasteiger partial charge < -0.3 is 10.1 Å². The predicted octanol–water partition coefficient (Wildman–Crippen LogP) is 1.37. The van der Waals surface area contributed by atoms with Crippen molar-refractivity contribution in [2.45, 2.75) is 19.6 Å². The Morgan fingerprint density at radius 2 is 2.40 bits per heavy atom. The number of hydrogen-bond donors (Lipinski definition) is 1. The average Bonchev–Trinajstić information content (AvgIpc) is 1.98. The van der Waals surface area contributed by atoms with Gasteiger partial charge in [0.2, 0.25) is 0 Å². The van der Waals surface area contributed by atoms with Crippen LogP contribution in [-0.4, -0.2) is 25.5 Å². The van der Waals surface area contributed by atoms with Crippen molar-refractivity contribution < 1.29 is 4.74 Å². The van der Waals surface area contributed by atoms with Crippen molar-refractivity contribution in [3.63, 3.8) is 0 Å². The minimum absolute atomic E-state index is 0.412. The maximum absolute atomic E-state index is 5.13. The standard InChI is InChI=1S/C6H14NOPS/c1-3-8-5-4-7-6(2)9-10/h6-7H,3-5H2,1-2H3. The van der Waals surface area contributed by atoms with E-state index in [4.69, 9.17) is 16.5 Å². The highest BCUT2D eigenvalue weighted by Crippen LogP contribution is 1.99. The lowest BCUT2D eigenvalue weighted by atomic mass is 10.6. The molecule has 0 aliphatic carbocycles. The van der Waals surface area contributed by atoms with E-state index in [1.165, 1.54) is 0 Å². The topological polar surface area (TPSA) is 21.3 Å². The SMILES string of the molecule is CCOCCNC(C)P=S. The molecule has 0 bridgehead atoms. The molecule has 4 heteroatoms. The third-order valence-electron chi connectivity index (χ3n) is 1.05. The molecule has 0 heterocycles. The molecule has 2 nitrogen and oxygen atoms in total. The summed E-state index contributed by atoms with van der Waals surface area (Å²) < 4.78 is 5.13. The van der Waals surface area contributed by atoms with Crippen molar-refractivity contribution in [3.8, 4) is 0 Å². The molecule has 60 valence electrons. The van der Waals surface area contributed by atoms with Crippen LogP contribution in [0.4, 0.5) is 0 Å². The van der Waals surface area contributed by atoms with Gasteiger partial charge in [-0.2, -0.15) is 0 Å². The molecule has 0 aromatic rings. The van der Waals surface area contributed by atoms with Gasteiger partial charge in [-0.05, 0) is 21.2 Å². The molecular weight excluding hydrogens is 165 g/mol. The molecule has 0 rings (SSSR count). The zero-order chi connectivity index (χ0) is 7.82. The summed E-state index contributed by atoms with van der Waals surface area (Å²) in [5.74, 6) is 0.412. The van der Waals surface area contributed by atoms with Crippen LogP contribution < -0.4 is 5.32 Å². The van der Waals surface area contributed by atoms with Crippen LogP contribution in [0.3, 0.4) is 0 Å². The normalized spacial score (nSPS) is 13.8. The highest BCUT2D eigenvalue weighted by molar-refractivity contribution is 7.96. The summed E-state index contributed by atoms with van der Waals surface area (Å²) in [7, 11) is 0.980. The summed E-state index contributed by atoms with van der Waals surface area (Å²) in [6.45, 7) is 6.54. The van der Waals surface area contributed by atoms with Crippen LogP contribution in [0.15, 0.2) is 0 Å². The Balaban J connectivity index is 2.95. The van der Waals surface area contributed by atoms with Gasteiger partial charge in [0.1, 0.15) is 0 Å².